The van der Waals surface area contributed by atoms with Crippen LogP contribution in [-0.4, -0.2) is 44.3 Å². The summed E-state index contributed by atoms with van der Waals surface area (Å²) in [6.45, 7) is 10.3. The summed E-state index contributed by atoms with van der Waals surface area (Å²) in [6.07, 6.45) is -4.33. The number of hydrogen-bond acceptors (Lipinski definition) is 3. The number of halogens is 3. The number of morpholine rings is 1. The van der Waals surface area contributed by atoms with Gasteiger partial charge in [-0.2, -0.15) is 13.2 Å². The highest BCUT2D eigenvalue weighted by molar-refractivity contribution is 5.51. The Hall–Kier alpha value is -1.27. The monoisotopic (exact) mass is 330 g/mol. The lowest BCUT2D eigenvalue weighted by atomic mass is 9.85. The third-order valence-corrected chi connectivity index (χ3v) is 3.99. The molecule has 1 fully saturated rings. The van der Waals surface area contributed by atoms with Crippen molar-refractivity contribution in [1.82, 2.24) is 4.90 Å². The molecular weight excluding hydrogens is 305 g/mol. The first-order valence-electron chi connectivity index (χ1n) is 7.93. The van der Waals surface area contributed by atoms with Crippen LogP contribution in [0.2, 0.25) is 0 Å². The molecule has 0 bridgehead atoms. The van der Waals surface area contributed by atoms with Gasteiger partial charge in [0, 0.05) is 31.9 Å². The van der Waals surface area contributed by atoms with Crippen LogP contribution in [-0.2, 0) is 16.3 Å². The molecule has 1 aliphatic rings. The number of ether oxygens (including phenoxy) is 1. The van der Waals surface area contributed by atoms with Crippen LogP contribution in [0.4, 0.5) is 18.9 Å². The molecule has 23 heavy (non-hydrogen) atoms. The summed E-state index contributed by atoms with van der Waals surface area (Å²) in [5, 5.41) is 3.13. The molecule has 0 amide bonds. The van der Waals surface area contributed by atoms with Crippen LogP contribution in [0.3, 0.4) is 0 Å². The second kappa shape index (κ2) is 7.09. The molecule has 1 N–H and O–H groups in total. The molecule has 0 saturated carbocycles. The lowest BCUT2D eigenvalue weighted by molar-refractivity contribution is -0.137. The maximum Gasteiger partial charge on any atom is 0.416 e. The summed E-state index contributed by atoms with van der Waals surface area (Å²) in [5.41, 5.74) is 0.278. The summed E-state index contributed by atoms with van der Waals surface area (Å²) in [6, 6.07) is 4.25. The Bertz CT molecular complexity index is 485. The highest BCUT2D eigenvalue weighted by atomic mass is 19.4. The van der Waals surface area contributed by atoms with Crippen molar-refractivity contribution in [3.05, 3.63) is 29.3 Å². The van der Waals surface area contributed by atoms with E-state index in [0.29, 0.717) is 17.8 Å². The van der Waals surface area contributed by atoms with Gasteiger partial charge >= 0.3 is 6.18 Å². The van der Waals surface area contributed by atoms with Gasteiger partial charge < -0.3 is 10.1 Å². The van der Waals surface area contributed by atoms with E-state index in [1.54, 1.807) is 0 Å². The minimum atomic E-state index is -4.33. The van der Waals surface area contributed by atoms with Crippen LogP contribution < -0.4 is 5.32 Å². The van der Waals surface area contributed by atoms with Crippen LogP contribution in [0.1, 0.15) is 31.9 Å². The van der Waals surface area contributed by atoms with E-state index in [9.17, 15) is 13.2 Å². The van der Waals surface area contributed by atoms with Gasteiger partial charge in [-0.1, -0.05) is 20.8 Å². The number of nitrogens with zero attached hydrogens (tertiary/aromatic N) is 1. The van der Waals surface area contributed by atoms with Gasteiger partial charge in [-0.05, 0) is 29.2 Å². The molecule has 1 heterocycles. The van der Waals surface area contributed by atoms with Gasteiger partial charge in [0.05, 0.1) is 18.8 Å². The molecule has 1 saturated heterocycles. The molecular formula is C17H25F3N2O. The average Bonchev–Trinajstić information content (AvgIpc) is 2.46. The van der Waals surface area contributed by atoms with Crippen molar-refractivity contribution in [2.45, 2.75) is 32.4 Å². The lowest BCUT2D eigenvalue weighted by Crippen LogP contribution is -2.39. The van der Waals surface area contributed by atoms with Crippen molar-refractivity contribution in [3.63, 3.8) is 0 Å². The van der Waals surface area contributed by atoms with Crippen LogP contribution in [0.15, 0.2) is 18.2 Å². The zero-order valence-corrected chi connectivity index (χ0v) is 14.0. The number of nitrogens with one attached hydrogen (secondary N) is 1. The zero-order chi connectivity index (χ0) is 17.1. The van der Waals surface area contributed by atoms with Crippen LogP contribution >= 0.6 is 0 Å². The van der Waals surface area contributed by atoms with Crippen molar-refractivity contribution in [1.29, 1.82) is 0 Å². The Morgan fingerprint density at radius 2 is 1.65 bits per heavy atom. The smallest absolute Gasteiger partial charge is 0.384 e. The minimum absolute atomic E-state index is 0.331. The van der Waals surface area contributed by atoms with Gasteiger partial charge in [0.1, 0.15) is 0 Å². The standard InChI is InChI=1S/C17H25F3N2O/c1-16(2,3)13-10-14(17(18,19)20)12-15(11-13)21-4-5-22-6-8-23-9-7-22/h10-12,21H,4-9H2,1-3H3. The predicted octanol–water partition coefficient (Wildman–Crippen LogP) is 3.75. The predicted molar refractivity (Wildman–Crippen MR) is 85.9 cm³/mol. The molecule has 0 aromatic heterocycles. The molecule has 1 aliphatic heterocycles. The van der Waals surface area contributed by atoms with Crippen LogP contribution in [0.5, 0.6) is 0 Å². The average molecular weight is 330 g/mol. The first kappa shape index (κ1) is 18.1. The van der Waals surface area contributed by atoms with E-state index in [2.05, 4.69) is 10.2 Å². The first-order valence-corrected chi connectivity index (χ1v) is 7.93. The van der Waals surface area contributed by atoms with Gasteiger partial charge in [0.15, 0.2) is 0 Å². The molecule has 6 heteroatoms. The Labute approximate surface area is 135 Å². The minimum Gasteiger partial charge on any atom is -0.384 e. The Morgan fingerprint density at radius 3 is 2.22 bits per heavy atom. The molecule has 0 atom stereocenters. The van der Waals surface area contributed by atoms with Gasteiger partial charge in [-0.25, -0.2) is 0 Å². The third-order valence-electron chi connectivity index (χ3n) is 3.99. The van der Waals surface area contributed by atoms with E-state index in [0.717, 1.165) is 32.8 Å². The summed E-state index contributed by atoms with van der Waals surface area (Å²) in [7, 11) is 0. The van der Waals surface area contributed by atoms with Crippen molar-refractivity contribution in [2.24, 2.45) is 0 Å². The fraction of sp³-hybridized carbons (Fsp3) is 0.647. The Balaban J connectivity index is 2.07. The van der Waals surface area contributed by atoms with E-state index >= 15 is 0 Å². The van der Waals surface area contributed by atoms with Gasteiger partial charge in [0.25, 0.3) is 0 Å². The van der Waals surface area contributed by atoms with Crippen molar-refractivity contribution in [3.8, 4) is 0 Å². The molecule has 1 aromatic carbocycles. The molecule has 0 radical (unpaired) electrons. The number of hydrogen-bond donors (Lipinski definition) is 1. The van der Waals surface area contributed by atoms with Crippen molar-refractivity contribution >= 4 is 5.69 Å². The summed E-state index contributed by atoms with van der Waals surface area (Å²) < 4.78 is 44.6. The topological polar surface area (TPSA) is 24.5 Å². The van der Waals surface area contributed by atoms with E-state index in [1.807, 2.05) is 26.8 Å². The number of rotatable bonds is 4. The van der Waals surface area contributed by atoms with Crippen molar-refractivity contribution < 1.29 is 17.9 Å². The normalized spacial score (nSPS) is 17.3. The molecule has 130 valence electrons. The first-order chi connectivity index (χ1) is 10.7. The maximum atomic E-state index is 13.1. The molecule has 2 rings (SSSR count). The molecule has 0 spiro atoms. The third kappa shape index (κ3) is 5.39. The van der Waals surface area contributed by atoms with E-state index < -0.39 is 11.7 Å². The van der Waals surface area contributed by atoms with Gasteiger partial charge in [-0.3, -0.25) is 4.90 Å². The number of anilines is 1. The van der Waals surface area contributed by atoms with Crippen molar-refractivity contribution in [2.75, 3.05) is 44.7 Å². The fourth-order valence-corrected chi connectivity index (χ4v) is 2.51. The molecule has 0 unspecified atom stereocenters. The maximum absolute atomic E-state index is 13.1. The quantitative estimate of drug-likeness (QED) is 0.910. The molecule has 3 nitrogen and oxygen atoms in total. The fourth-order valence-electron chi connectivity index (χ4n) is 2.51. The van der Waals surface area contributed by atoms with E-state index in [4.69, 9.17) is 4.74 Å². The second-order valence-electron chi connectivity index (χ2n) is 6.93. The van der Waals surface area contributed by atoms with Gasteiger partial charge in [-0.15, -0.1) is 0 Å². The van der Waals surface area contributed by atoms with E-state index in [-0.39, 0.29) is 5.41 Å². The largest absolute Gasteiger partial charge is 0.416 e. The lowest BCUT2D eigenvalue weighted by Gasteiger charge is -2.27. The molecule has 0 aliphatic carbocycles. The summed E-state index contributed by atoms with van der Waals surface area (Å²) in [4.78, 5) is 2.24. The van der Waals surface area contributed by atoms with Gasteiger partial charge in [0.2, 0.25) is 0 Å². The van der Waals surface area contributed by atoms with E-state index in [1.165, 1.54) is 12.1 Å². The Kier molecular flexibility index (Phi) is 5.57. The highest BCUT2D eigenvalue weighted by Crippen LogP contribution is 2.35. The second-order valence-corrected chi connectivity index (χ2v) is 6.93. The SMILES string of the molecule is CC(C)(C)c1cc(NCCN2CCOCC2)cc(C(F)(F)F)c1. The zero-order valence-electron chi connectivity index (χ0n) is 14.0. The van der Waals surface area contributed by atoms with Crippen LogP contribution in [0.25, 0.3) is 0 Å². The Morgan fingerprint density at radius 1 is 1.04 bits per heavy atom. The molecule has 1 aromatic rings. The summed E-state index contributed by atoms with van der Waals surface area (Å²) in [5.74, 6) is 0. The highest BCUT2D eigenvalue weighted by Gasteiger charge is 2.32. The number of benzene rings is 1. The number of alkyl halides is 3. The van der Waals surface area contributed by atoms with Crippen LogP contribution in [0, 0.1) is 0 Å². The summed E-state index contributed by atoms with van der Waals surface area (Å²) >= 11 is 0.